The highest BCUT2D eigenvalue weighted by molar-refractivity contribution is 7.98. The first-order valence-electron chi connectivity index (χ1n) is 4.89. The van der Waals surface area contributed by atoms with Gasteiger partial charge in [0.1, 0.15) is 5.15 Å². The van der Waals surface area contributed by atoms with E-state index in [0.717, 1.165) is 22.2 Å². The van der Waals surface area contributed by atoms with Gasteiger partial charge in [0.05, 0.1) is 5.69 Å². The third-order valence-corrected chi connectivity index (χ3v) is 3.81. The summed E-state index contributed by atoms with van der Waals surface area (Å²) in [6.07, 6.45) is 3.58. The predicted octanol–water partition coefficient (Wildman–Crippen LogP) is 3.07. The number of halogens is 1. The number of hydrogen-bond donors (Lipinski definition) is 0. The van der Waals surface area contributed by atoms with Crippen molar-refractivity contribution in [2.45, 2.75) is 17.6 Å². The van der Waals surface area contributed by atoms with Crippen LogP contribution in [0.25, 0.3) is 0 Å². The molecule has 0 saturated carbocycles. The minimum Gasteiger partial charge on any atom is -0.265 e. The predicted molar refractivity (Wildman–Crippen MR) is 66.8 cm³/mol. The molecule has 16 heavy (non-hydrogen) atoms. The molecule has 0 aliphatic rings. The number of thioether (sulfide) groups is 1. The second-order valence-corrected chi connectivity index (χ2v) is 4.86. The smallest absolute Gasteiger partial charge is 0.131 e. The molecule has 0 atom stereocenters. The zero-order valence-corrected chi connectivity index (χ0v) is 10.7. The number of pyridine rings is 1. The second-order valence-electron chi connectivity index (χ2n) is 3.45. The Morgan fingerprint density at radius 2 is 2.06 bits per heavy atom. The summed E-state index contributed by atoms with van der Waals surface area (Å²) in [4.78, 5) is 5.17. The van der Waals surface area contributed by atoms with Gasteiger partial charge in [0.25, 0.3) is 0 Å². The maximum Gasteiger partial charge on any atom is 0.131 e. The van der Waals surface area contributed by atoms with Crippen LogP contribution in [0.4, 0.5) is 0 Å². The SMILES string of the molecule is Cc1nn(C)c(Cl)c1CSc1ccncc1. The number of aryl methyl sites for hydroxylation is 2. The van der Waals surface area contributed by atoms with Crippen molar-refractivity contribution in [3.63, 3.8) is 0 Å². The summed E-state index contributed by atoms with van der Waals surface area (Å²) in [6, 6.07) is 3.98. The van der Waals surface area contributed by atoms with Crippen LogP contribution < -0.4 is 0 Å². The summed E-state index contributed by atoms with van der Waals surface area (Å²) in [5.74, 6) is 0.836. The van der Waals surface area contributed by atoms with Gasteiger partial charge in [0, 0.05) is 35.7 Å². The van der Waals surface area contributed by atoms with Gasteiger partial charge in [0.15, 0.2) is 0 Å². The maximum atomic E-state index is 6.16. The molecular formula is C11H12ClN3S. The highest BCUT2D eigenvalue weighted by Gasteiger charge is 2.10. The molecule has 0 bridgehead atoms. The van der Waals surface area contributed by atoms with Crippen molar-refractivity contribution in [3.8, 4) is 0 Å². The van der Waals surface area contributed by atoms with Crippen molar-refractivity contribution in [2.75, 3.05) is 0 Å². The minimum absolute atomic E-state index is 0.721. The third kappa shape index (κ3) is 2.39. The lowest BCUT2D eigenvalue weighted by Crippen LogP contribution is -1.89. The van der Waals surface area contributed by atoms with E-state index in [4.69, 9.17) is 11.6 Å². The molecule has 0 aliphatic heterocycles. The van der Waals surface area contributed by atoms with Gasteiger partial charge in [-0.05, 0) is 19.1 Å². The minimum atomic E-state index is 0.721. The highest BCUT2D eigenvalue weighted by atomic mass is 35.5. The standard InChI is InChI=1S/C11H12ClN3S/c1-8-10(11(12)15(2)14-8)7-16-9-3-5-13-6-4-9/h3-6H,7H2,1-2H3. The average molecular weight is 254 g/mol. The van der Waals surface area contributed by atoms with E-state index in [2.05, 4.69) is 10.1 Å². The molecule has 0 saturated heterocycles. The number of aromatic nitrogens is 3. The van der Waals surface area contributed by atoms with E-state index in [-0.39, 0.29) is 0 Å². The van der Waals surface area contributed by atoms with Gasteiger partial charge in [-0.25, -0.2) is 0 Å². The molecular weight excluding hydrogens is 242 g/mol. The molecule has 0 spiro atoms. The summed E-state index contributed by atoms with van der Waals surface area (Å²) in [6.45, 7) is 1.98. The first-order valence-corrected chi connectivity index (χ1v) is 6.25. The van der Waals surface area contributed by atoms with Crippen molar-refractivity contribution < 1.29 is 0 Å². The molecule has 3 nitrogen and oxygen atoms in total. The van der Waals surface area contributed by atoms with Crippen molar-refractivity contribution in [2.24, 2.45) is 7.05 Å². The first-order chi connectivity index (χ1) is 7.68. The van der Waals surface area contributed by atoms with Gasteiger partial charge in [-0.1, -0.05) is 11.6 Å². The van der Waals surface area contributed by atoms with Crippen LogP contribution in [0, 0.1) is 6.92 Å². The lowest BCUT2D eigenvalue weighted by atomic mass is 10.3. The van der Waals surface area contributed by atoms with E-state index < -0.39 is 0 Å². The van der Waals surface area contributed by atoms with Crippen molar-refractivity contribution in [3.05, 3.63) is 40.9 Å². The molecule has 2 heterocycles. The largest absolute Gasteiger partial charge is 0.265 e. The van der Waals surface area contributed by atoms with Crippen LogP contribution >= 0.6 is 23.4 Å². The molecule has 0 amide bonds. The van der Waals surface area contributed by atoms with Crippen LogP contribution in [0.2, 0.25) is 5.15 Å². The maximum absolute atomic E-state index is 6.16. The topological polar surface area (TPSA) is 30.7 Å². The van der Waals surface area contributed by atoms with Gasteiger partial charge in [-0.15, -0.1) is 11.8 Å². The molecule has 0 N–H and O–H groups in total. The van der Waals surface area contributed by atoms with Crippen LogP contribution in [0.3, 0.4) is 0 Å². The Morgan fingerprint density at radius 3 is 2.62 bits per heavy atom. The molecule has 0 fully saturated rings. The average Bonchev–Trinajstić information content (AvgIpc) is 2.53. The van der Waals surface area contributed by atoms with Crippen LogP contribution in [-0.2, 0) is 12.8 Å². The molecule has 0 unspecified atom stereocenters. The molecule has 2 rings (SSSR count). The van der Waals surface area contributed by atoms with Crippen molar-refractivity contribution in [1.82, 2.24) is 14.8 Å². The lowest BCUT2D eigenvalue weighted by molar-refractivity contribution is 0.757. The Labute approximate surface area is 104 Å². The Balaban J connectivity index is 2.11. The molecule has 2 aromatic heterocycles. The van der Waals surface area contributed by atoms with Crippen LogP contribution in [0.5, 0.6) is 0 Å². The van der Waals surface area contributed by atoms with Crippen molar-refractivity contribution in [1.29, 1.82) is 0 Å². The molecule has 2 aromatic rings. The van der Waals surface area contributed by atoms with Gasteiger partial charge in [-0.3, -0.25) is 9.67 Å². The molecule has 0 radical (unpaired) electrons. The summed E-state index contributed by atoms with van der Waals surface area (Å²) in [7, 11) is 1.86. The summed E-state index contributed by atoms with van der Waals surface area (Å²) in [5, 5.41) is 5.00. The number of hydrogen-bond acceptors (Lipinski definition) is 3. The molecule has 84 valence electrons. The Morgan fingerprint density at radius 1 is 1.38 bits per heavy atom. The third-order valence-electron chi connectivity index (χ3n) is 2.30. The fourth-order valence-corrected chi connectivity index (χ4v) is 2.72. The van der Waals surface area contributed by atoms with E-state index in [0.29, 0.717) is 0 Å². The van der Waals surface area contributed by atoms with E-state index in [1.54, 1.807) is 28.8 Å². The quantitative estimate of drug-likeness (QED) is 0.788. The monoisotopic (exact) mass is 253 g/mol. The normalized spacial score (nSPS) is 10.7. The zero-order chi connectivity index (χ0) is 11.5. The van der Waals surface area contributed by atoms with E-state index in [9.17, 15) is 0 Å². The fraction of sp³-hybridized carbons (Fsp3) is 0.273. The number of nitrogens with zero attached hydrogens (tertiary/aromatic N) is 3. The Hall–Kier alpha value is -1.00. The van der Waals surface area contributed by atoms with E-state index in [1.165, 1.54) is 4.90 Å². The van der Waals surface area contributed by atoms with Gasteiger partial charge in [-0.2, -0.15) is 5.10 Å². The van der Waals surface area contributed by atoms with Gasteiger partial charge in [0.2, 0.25) is 0 Å². The number of rotatable bonds is 3. The first kappa shape index (κ1) is 11.5. The highest BCUT2D eigenvalue weighted by Crippen LogP contribution is 2.27. The van der Waals surface area contributed by atoms with Gasteiger partial charge < -0.3 is 0 Å². The second kappa shape index (κ2) is 4.89. The van der Waals surface area contributed by atoms with E-state index in [1.807, 2.05) is 26.1 Å². The van der Waals surface area contributed by atoms with Crippen molar-refractivity contribution >= 4 is 23.4 Å². The zero-order valence-electron chi connectivity index (χ0n) is 9.14. The summed E-state index contributed by atoms with van der Waals surface area (Å²) in [5.41, 5.74) is 2.10. The van der Waals surface area contributed by atoms with Crippen LogP contribution in [0.15, 0.2) is 29.4 Å². The molecule has 0 aromatic carbocycles. The van der Waals surface area contributed by atoms with Crippen LogP contribution in [-0.4, -0.2) is 14.8 Å². The Bertz CT molecular complexity index is 481. The summed E-state index contributed by atoms with van der Waals surface area (Å²) >= 11 is 7.89. The molecule has 5 heteroatoms. The van der Waals surface area contributed by atoms with E-state index >= 15 is 0 Å². The van der Waals surface area contributed by atoms with Crippen LogP contribution in [0.1, 0.15) is 11.3 Å². The van der Waals surface area contributed by atoms with Gasteiger partial charge >= 0.3 is 0 Å². The molecule has 0 aliphatic carbocycles. The lowest BCUT2D eigenvalue weighted by Gasteiger charge is -2.01. The summed E-state index contributed by atoms with van der Waals surface area (Å²) < 4.78 is 1.71. The fourth-order valence-electron chi connectivity index (χ4n) is 1.43. The Kier molecular flexibility index (Phi) is 3.51.